The SMILES string of the molecule is CN1CCN(CCNCC(F)(F)F)C(c2ccccc2)C1. The van der Waals surface area contributed by atoms with Crippen LogP contribution in [-0.2, 0) is 0 Å². The van der Waals surface area contributed by atoms with Crippen LogP contribution in [0.3, 0.4) is 0 Å². The van der Waals surface area contributed by atoms with Crippen molar-refractivity contribution in [2.45, 2.75) is 12.2 Å². The first-order valence-electron chi connectivity index (χ1n) is 7.21. The zero-order valence-electron chi connectivity index (χ0n) is 12.2. The average molecular weight is 301 g/mol. The molecule has 1 aliphatic rings. The molecule has 0 spiro atoms. The topological polar surface area (TPSA) is 18.5 Å². The van der Waals surface area contributed by atoms with Gasteiger partial charge in [-0.15, -0.1) is 0 Å². The Balaban J connectivity index is 1.90. The number of halogens is 3. The van der Waals surface area contributed by atoms with Gasteiger partial charge in [0.05, 0.1) is 6.54 Å². The van der Waals surface area contributed by atoms with Gasteiger partial charge in [-0.3, -0.25) is 4.90 Å². The highest BCUT2D eigenvalue weighted by Gasteiger charge is 2.28. The summed E-state index contributed by atoms with van der Waals surface area (Å²) in [6.07, 6.45) is -4.14. The number of benzene rings is 1. The summed E-state index contributed by atoms with van der Waals surface area (Å²) in [6.45, 7) is 2.79. The molecule has 1 aliphatic heterocycles. The van der Waals surface area contributed by atoms with Crippen LogP contribution in [-0.4, -0.2) is 62.3 Å². The van der Waals surface area contributed by atoms with Crippen LogP contribution in [0.15, 0.2) is 30.3 Å². The maximum Gasteiger partial charge on any atom is 0.401 e. The van der Waals surface area contributed by atoms with Gasteiger partial charge in [0.1, 0.15) is 0 Å². The van der Waals surface area contributed by atoms with Gasteiger partial charge in [-0.05, 0) is 12.6 Å². The van der Waals surface area contributed by atoms with E-state index in [2.05, 4.69) is 34.3 Å². The molecule has 3 nitrogen and oxygen atoms in total. The second-order valence-corrected chi connectivity index (χ2v) is 5.52. The maximum atomic E-state index is 12.1. The third kappa shape index (κ3) is 5.30. The third-order valence-corrected chi connectivity index (χ3v) is 3.78. The van der Waals surface area contributed by atoms with Crippen molar-refractivity contribution < 1.29 is 13.2 Å². The van der Waals surface area contributed by atoms with Crippen molar-refractivity contribution in [2.24, 2.45) is 0 Å². The summed E-state index contributed by atoms with van der Waals surface area (Å²) in [5, 5.41) is 2.48. The van der Waals surface area contributed by atoms with Gasteiger partial charge < -0.3 is 10.2 Å². The van der Waals surface area contributed by atoms with Gasteiger partial charge in [0, 0.05) is 38.8 Å². The molecule has 0 aromatic heterocycles. The zero-order chi connectivity index (χ0) is 15.3. The minimum Gasteiger partial charge on any atom is -0.307 e. The number of hydrogen-bond acceptors (Lipinski definition) is 3. The van der Waals surface area contributed by atoms with E-state index in [-0.39, 0.29) is 6.04 Å². The number of alkyl halides is 3. The smallest absolute Gasteiger partial charge is 0.307 e. The molecular weight excluding hydrogens is 279 g/mol. The molecular formula is C15H22F3N3. The summed E-state index contributed by atoms with van der Waals surface area (Å²) >= 11 is 0. The molecule has 0 bridgehead atoms. The first-order valence-corrected chi connectivity index (χ1v) is 7.21. The lowest BCUT2D eigenvalue weighted by molar-refractivity contribution is -0.124. The summed E-state index contributed by atoms with van der Waals surface area (Å²) in [7, 11) is 2.08. The fourth-order valence-corrected chi connectivity index (χ4v) is 2.67. The second-order valence-electron chi connectivity index (χ2n) is 5.52. The van der Waals surface area contributed by atoms with E-state index in [1.54, 1.807) is 0 Å². The molecule has 1 saturated heterocycles. The molecule has 1 unspecified atom stereocenters. The van der Waals surface area contributed by atoms with Crippen LogP contribution in [0, 0.1) is 0 Å². The van der Waals surface area contributed by atoms with E-state index in [4.69, 9.17) is 0 Å². The lowest BCUT2D eigenvalue weighted by Crippen LogP contribution is -2.49. The van der Waals surface area contributed by atoms with E-state index in [0.717, 1.165) is 19.6 Å². The lowest BCUT2D eigenvalue weighted by Gasteiger charge is -2.40. The van der Waals surface area contributed by atoms with Gasteiger partial charge in [0.2, 0.25) is 0 Å². The number of hydrogen-bond donors (Lipinski definition) is 1. The standard InChI is InChI=1S/C15H22F3N3/c1-20-9-10-21(8-7-19-12-15(16,17)18)14(11-20)13-5-3-2-4-6-13/h2-6,14,19H,7-12H2,1H3. The Morgan fingerprint density at radius 1 is 1.19 bits per heavy atom. The summed E-state index contributed by atoms with van der Waals surface area (Å²) in [5.74, 6) is 0. The van der Waals surface area contributed by atoms with E-state index in [1.165, 1.54) is 5.56 Å². The van der Waals surface area contributed by atoms with Crippen LogP contribution < -0.4 is 5.32 Å². The quantitative estimate of drug-likeness (QED) is 0.841. The van der Waals surface area contributed by atoms with Crippen LogP contribution in [0.4, 0.5) is 13.2 Å². The van der Waals surface area contributed by atoms with Crippen molar-refractivity contribution in [3.8, 4) is 0 Å². The Morgan fingerprint density at radius 3 is 2.57 bits per heavy atom. The van der Waals surface area contributed by atoms with E-state index < -0.39 is 12.7 Å². The molecule has 118 valence electrons. The predicted octanol–water partition coefficient (Wildman–Crippen LogP) is 2.13. The Hall–Kier alpha value is -1.11. The number of nitrogens with one attached hydrogen (secondary N) is 1. The summed E-state index contributed by atoms with van der Waals surface area (Å²) in [4.78, 5) is 4.52. The third-order valence-electron chi connectivity index (χ3n) is 3.78. The van der Waals surface area contributed by atoms with Crippen LogP contribution in [0.5, 0.6) is 0 Å². The molecule has 1 N–H and O–H groups in total. The highest BCUT2D eigenvalue weighted by Crippen LogP contribution is 2.24. The van der Waals surface area contributed by atoms with Crippen molar-refractivity contribution in [3.63, 3.8) is 0 Å². The number of piperazine rings is 1. The second kappa shape index (κ2) is 7.24. The molecule has 2 rings (SSSR count). The molecule has 6 heteroatoms. The van der Waals surface area contributed by atoms with E-state index in [9.17, 15) is 13.2 Å². The molecule has 1 heterocycles. The van der Waals surface area contributed by atoms with Crippen molar-refractivity contribution in [3.05, 3.63) is 35.9 Å². The molecule has 0 saturated carbocycles. The average Bonchev–Trinajstić information content (AvgIpc) is 2.45. The summed E-state index contributed by atoms with van der Waals surface area (Å²) in [5.41, 5.74) is 1.22. The van der Waals surface area contributed by atoms with Gasteiger partial charge in [0.25, 0.3) is 0 Å². The van der Waals surface area contributed by atoms with Crippen LogP contribution in [0.1, 0.15) is 11.6 Å². The van der Waals surface area contributed by atoms with Gasteiger partial charge in [0.15, 0.2) is 0 Å². The maximum absolute atomic E-state index is 12.1. The van der Waals surface area contributed by atoms with E-state index in [1.807, 2.05) is 18.2 Å². The fraction of sp³-hybridized carbons (Fsp3) is 0.600. The van der Waals surface area contributed by atoms with E-state index in [0.29, 0.717) is 13.1 Å². The van der Waals surface area contributed by atoms with Gasteiger partial charge in [-0.2, -0.15) is 13.2 Å². The highest BCUT2D eigenvalue weighted by atomic mass is 19.4. The predicted molar refractivity (Wildman–Crippen MR) is 77.2 cm³/mol. The molecule has 21 heavy (non-hydrogen) atoms. The lowest BCUT2D eigenvalue weighted by atomic mass is 10.0. The van der Waals surface area contributed by atoms with Crippen molar-refractivity contribution in [1.29, 1.82) is 0 Å². The van der Waals surface area contributed by atoms with Gasteiger partial charge in [-0.1, -0.05) is 30.3 Å². The van der Waals surface area contributed by atoms with E-state index >= 15 is 0 Å². The summed E-state index contributed by atoms with van der Waals surface area (Å²) in [6, 6.07) is 10.4. The van der Waals surface area contributed by atoms with Crippen molar-refractivity contribution in [1.82, 2.24) is 15.1 Å². The monoisotopic (exact) mass is 301 g/mol. The van der Waals surface area contributed by atoms with Crippen LogP contribution >= 0.6 is 0 Å². The Morgan fingerprint density at radius 2 is 1.90 bits per heavy atom. The molecule has 1 aromatic carbocycles. The summed E-state index contributed by atoms with van der Waals surface area (Å²) < 4.78 is 36.4. The zero-order valence-corrected chi connectivity index (χ0v) is 12.2. The van der Waals surface area contributed by atoms with Gasteiger partial charge >= 0.3 is 6.18 Å². The Labute approximate surface area is 123 Å². The molecule has 1 fully saturated rings. The number of likely N-dealkylation sites (N-methyl/N-ethyl adjacent to an activating group) is 1. The minimum atomic E-state index is -4.14. The van der Waals surface area contributed by atoms with Crippen LogP contribution in [0.2, 0.25) is 0 Å². The minimum absolute atomic E-state index is 0.248. The highest BCUT2D eigenvalue weighted by molar-refractivity contribution is 5.20. The van der Waals surface area contributed by atoms with Crippen molar-refractivity contribution in [2.75, 3.05) is 46.3 Å². The first-order chi connectivity index (χ1) is 9.96. The Kier molecular flexibility index (Phi) is 5.61. The van der Waals surface area contributed by atoms with Crippen LogP contribution in [0.25, 0.3) is 0 Å². The van der Waals surface area contributed by atoms with Gasteiger partial charge in [-0.25, -0.2) is 0 Å². The molecule has 1 atom stereocenters. The number of rotatable bonds is 5. The fourth-order valence-electron chi connectivity index (χ4n) is 2.67. The molecule has 1 aromatic rings. The first kappa shape index (κ1) is 16.3. The Bertz CT molecular complexity index is 422. The largest absolute Gasteiger partial charge is 0.401 e. The normalized spacial score (nSPS) is 21.6. The molecule has 0 aliphatic carbocycles. The molecule has 0 radical (unpaired) electrons. The number of nitrogens with zero attached hydrogens (tertiary/aromatic N) is 2. The molecule has 0 amide bonds. The van der Waals surface area contributed by atoms with Crippen molar-refractivity contribution >= 4 is 0 Å².